The predicted octanol–water partition coefficient (Wildman–Crippen LogP) is 0.891. The van der Waals surface area contributed by atoms with E-state index >= 15 is 0 Å². The normalized spacial score (nSPS) is 18.2. The molecule has 8 nitrogen and oxygen atoms in total. The number of sulfonamides is 1. The zero-order valence-electron chi connectivity index (χ0n) is 13.1. The molecule has 0 spiro atoms. The zero-order chi connectivity index (χ0) is 17.9. The molecule has 0 fully saturated rings. The van der Waals surface area contributed by atoms with Gasteiger partial charge in [-0.25, -0.2) is 8.42 Å². The van der Waals surface area contributed by atoms with Crippen LogP contribution in [0.5, 0.6) is 5.75 Å². The van der Waals surface area contributed by atoms with Crippen molar-refractivity contribution in [1.29, 1.82) is 0 Å². The van der Waals surface area contributed by atoms with Crippen LogP contribution in [0.4, 0.5) is 5.69 Å². The number of hydrogen-bond donors (Lipinski definition) is 3. The van der Waals surface area contributed by atoms with Gasteiger partial charge in [-0.3, -0.25) is 9.59 Å². The minimum absolute atomic E-state index is 0.143. The lowest BCUT2D eigenvalue weighted by Gasteiger charge is -2.23. The Balaban J connectivity index is 2.25. The molecular weight excluding hydrogens is 356 g/mol. The third kappa shape index (κ3) is 4.19. The average molecular weight is 374 g/mol. The number of ether oxygens (including phenoxy) is 1. The highest BCUT2D eigenvalue weighted by molar-refractivity contribution is 7.98. The first-order valence-electron chi connectivity index (χ1n) is 7.10. The van der Waals surface area contributed by atoms with Gasteiger partial charge in [0.05, 0.1) is 10.6 Å². The van der Waals surface area contributed by atoms with E-state index in [1.807, 2.05) is 0 Å². The number of rotatable bonds is 7. The number of nitrogens with one attached hydrogen (secondary N) is 2. The summed E-state index contributed by atoms with van der Waals surface area (Å²) in [7, 11) is -4.05. The van der Waals surface area contributed by atoms with Gasteiger partial charge in [0.25, 0.3) is 5.91 Å². The first-order valence-corrected chi connectivity index (χ1v) is 9.98. The maximum atomic E-state index is 12.4. The lowest BCUT2D eigenvalue weighted by molar-refractivity contribution is -0.139. The summed E-state index contributed by atoms with van der Waals surface area (Å²) < 4.78 is 32.4. The van der Waals surface area contributed by atoms with E-state index < -0.39 is 28.1 Å². The van der Waals surface area contributed by atoms with Crippen LogP contribution in [0.1, 0.15) is 13.3 Å². The smallest absolute Gasteiger partial charge is 0.321 e. The first kappa shape index (κ1) is 18.6. The predicted molar refractivity (Wildman–Crippen MR) is 89.9 cm³/mol. The van der Waals surface area contributed by atoms with Gasteiger partial charge >= 0.3 is 5.97 Å². The van der Waals surface area contributed by atoms with Gasteiger partial charge in [-0.15, -0.1) is 0 Å². The molecule has 1 aromatic rings. The lowest BCUT2D eigenvalue weighted by atomic mass is 10.2. The van der Waals surface area contributed by atoms with E-state index in [4.69, 9.17) is 9.84 Å². The molecule has 0 unspecified atom stereocenters. The Labute approximate surface area is 144 Å². The van der Waals surface area contributed by atoms with Crippen molar-refractivity contribution < 1.29 is 27.9 Å². The number of anilines is 1. The van der Waals surface area contributed by atoms with E-state index in [9.17, 15) is 18.0 Å². The summed E-state index contributed by atoms with van der Waals surface area (Å²) in [5.74, 6) is -0.756. The van der Waals surface area contributed by atoms with Crippen molar-refractivity contribution in [3.05, 3.63) is 18.2 Å². The third-order valence-electron chi connectivity index (χ3n) is 3.40. The van der Waals surface area contributed by atoms with E-state index in [-0.39, 0.29) is 22.9 Å². The van der Waals surface area contributed by atoms with Gasteiger partial charge in [0.15, 0.2) is 6.10 Å². The van der Waals surface area contributed by atoms with Crippen LogP contribution in [-0.4, -0.2) is 49.6 Å². The molecule has 1 aromatic carbocycles. The number of carboxylic acid groups (broad SMARTS) is 1. The number of hydrogen-bond acceptors (Lipinski definition) is 6. The number of fused-ring (bicyclic) bond motifs is 1. The van der Waals surface area contributed by atoms with E-state index in [0.29, 0.717) is 11.5 Å². The summed E-state index contributed by atoms with van der Waals surface area (Å²) in [6.07, 6.45) is 1.31. The lowest BCUT2D eigenvalue weighted by Crippen LogP contribution is -2.41. The molecule has 2 rings (SSSR count). The van der Waals surface area contributed by atoms with Gasteiger partial charge in [0, 0.05) is 0 Å². The fraction of sp³-hybridized carbons (Fsp3) is 0.429. The van der Waals surface area contributed by atoms with E-state index in [0.717, 1.165) is 0 Å². The summed E-state index contributed by atoms with van der Waals surface area (Å²) in [5.41, 5.74) is 0.233. The molecule has 10 heteroatoms. The molecule has 1 amide bonds. The largest absolute Gasteiger partial charge is 0.480 e. The summed E-state index contributed by atoms with van der Waals surface area (Å²) in [5, 5.41) is 11.7. The van der Waals surface area contributed by atoms with Crippen LogP contribution < -0.4 is 14.8 Å². The maximum absolute atomic E-state index is 12.4. The summed E-state index contributed by atoms with van der Waals surface area (Å²) >= 11 is 1.43. The van der Waals surface area contributed by atoms with Crippen LogP contribution in [0.25, 0.3) is 0 Å². The van der Waals surface area contributed by atoms with E-state index in [1.165, 1.54) is 30.0 Å². The zero-order valence-corrected chi connectivity index (χ0v) is 14.7. The Kier molecular flexibility index (Phi) is 5.73. The SMILES string of the molecule is CSCC[C@@H](NS(=O)(=O)c1ccc2c(c1)NC(=O)[C@@H](C)O2)C(=O)O. The van der Waals surface area contributed by atoms with E-state index in [1.54, 1.807) is 13.2 Å². The van der Waals surface area contributed by atoms with E-state index in [2.05, 4.69) is 10.0 Å². The van der Waals surface area contributed by atoms with Crippen molar-refractivity contribution in [2.24, 2.45) is 0 Å². The van der Waals surface area contributed by atoms with Crippen molar-refractivity contribution in [1.82, 2.24) is 4.72 Å². The van der Waals surface area contributed by atoms with Gasteiger partial charge in [-0.1, -0.05) is 0 Å². The molecule has 0 aliphatic carbocycles. The summed E-state index contributed by atoms with van der Waals surface area (Å²) in [6, 6.07) is 2.76. The molecule has 0 bridgehead atoms. The van der Waals surface area contributed by atoms with Crippen molar-refractivity contribution in [3.63, 3.8) is 0 Å². The molecule has 132 valence electrons. The van der Waals surface area contributed by atoms with Crippen LogP contribution in [0.3, 0.4) is 0 Å². The fourth-order valence-corrected chi connectivity index (χ4v) is 3.80. The van der Waals surface area contributed by atoms with Crippen LogP contribution >= 0.6 is 11.8 Å². The Morgan fingerprint density at radius 2 is 2.21 bits per heavy atom. The number of thioether (sulfide) groups is 1. The number of benzene rings is 1. The summed E-state index contributed by atoms with van der Waals surface area (Å²) in [6.45, 7) is 1.58. The van der Waals surface area contributed by atoms with Crippen molar-refractivity contribution in [2.45, 2.75) is 30.4 Å². The van der Waals surface area contributed by atoms with Crippen LogP contribution in [0.2, 0.25) is 0 Å². The topological polar surface area (TPSA) is 122 Å². The number of aliphatic carboxylic acids is 1. The van der Waals surface area contributed by atoms with Crippen molar-refractivity contribution in [3.8, 4) is 5.75 Å². The van der Waals surface area contributed by atoms with Crippen molar-refractivity contribution >= 4 is 39.3 Å². The Morgan fingerprint density at radius 1 is 1.50 bits per heavy atom. The quantitative estimate of drug-likeness (QED) is 0.648. The molecule has 2 atom stereocenters. The second kappa shape index (κ2) is 7.41. The molecule has 1 aliphatic heterocycles. The first-order chi connectivity index (χ1) is 11.2. The maximum Gasteiger partial charge on any atom is 0.321 e. The molecule has 0 saturated carbocycles. The van der Waals surface area contributed by atoms with Gasteiger partial charge in [-0.05, 0) is 43.6 Å². The molecule has 0 saturated heterocycles. The number of carboxylic acids is 1. The monoisotopic (exact) mass is 374 g/mol. The second-order valence-electron chi connectivity index (χ2n) is 5.20. The molecule has 0 radical (unpaired) electrons. The van der Waals surface area contributed by atoms with Gasteiger partial charge in [0.2, 0.25) is 10.0 Å². The molecule has 1 heterocycles. The number of amides is 1. The summed E-state index contributed by atoms with van der Waals surface area (Å²) in [4.78, 5) is 22.7. The third-order valence-corrected chi connectivity index (χ3v) is 5.51. The van der Waals surface area contributed by atoms with Gasteiger partial charge in [0.1, 0.15) is 11.8 Å². The molecule has 24 heavy (non-hydrogen) atoms. The fourth-order valence-electron chi connectivity index (χ4n) is 2.08. The Morgan fingerprint density at radius 3 is 2.83 bits per heavy atom. The number of carbonyl (C=O) groups is 2. The molecular formula is C14H18N2O6S2. The minimum Gasteiger partial charge on any atom is -0.480 e. The molecule has 1 aliphatic rings. The van der Waals surface area contributed by atoms with Crippen LogP contribution in [0.15, 0.2) is 23.1 Å². The van der Waals surface area contributed by atoms with Crippen LogP contribution in [-0.2, 0) is 19.6 Å². The van der Waals surface area contributed by atoms with Crippen LogP contribution in [0, 0.1) is 0 Å². The Bertz CT molecular complexity index is 750. The average Bonchev–Trinajstić information content (AvgIpc) is 2.51. The minimum atomic E-state index is -4.05. The second-order valence-corrected chi connectivity index (χ2v) is 7.90. The standard InChI is InChI=1S/C14H18N2O6S2/c1-8-13(17)15-11-7-9(3-4-12(11)22-8)24(20,21)16-10(14(18)19)5-6-23-2/h3-4,7-8,10,16H,5-6H2,1-2H3,(H,15,17)(H,18,19)/t8-,10-/m1/s1. The highest BCUT2D eigenvalue weighted by Crippen LogP contribution is 2.31. The molecule has 3 N–H and O–H groups in total. The Hall–Kier alpha value is -1.78. The highest BCUT2D eigenvalue weighted by Gasteiger charge is 2.28. The molecule has 0 aromatic heterocycles. The highest BCUT2D eigenvalue weighted by atomic mass is 32.2. The van der Waals surface area contributed by atoms with Gasteiger partial charge < -0.3 is 15.2 Å². The number of carbonyl (C=O) groups excluding carboxylic acids is 1. The van der Waals surface area contributed by atoms with Gasteiger partial charge in [-0.2, -0.15) is 16.5 Å². The van der Waals surface area contributed by atoms with Crippen molar-refractivity contribution in [2.75, 3.05) is 17.3 Å².